The number of Topliss-reactive ketones (excluding diaryl/α,β-unsaturated/α-hetero) is 2. The van der Waals surface area contributed by atoms with E-state index in [-0.39, 0.29) is 0 Å². The summed E-state index contributed by atoms with van der Waals surface area (Å²) in [5, 5.41) is 35.8. The van der Waals surface area contributed by atoms with Crippen LogP contribution >= 0.6 is 0 Å². The standard InChI is InChI=1S/C8H14FNO6/c9-1-3(12)6(14)5(10)8(16)7(15)4(13)2-11/h4-5,7-8,11,13,15-16H,1-2,10H2/t4-,5+,7+,8-/m1/s1. The third-order valence-corrected chi connectivity index (χ3v) is 2.00. The SMILES string of the molecule is N[C@@H](C(=O)C(=O)CF)[C@@H](O)[C@@H](O)[C@H](O)CO. The quantitative estimate of drug-likeness (QED) is 0.290. The van der Waals surface area contributed by atoms with Crippen LogP contribution in [-0.2, 0) is 9.59 Å². The highest BCUT2D eigenvalue weighted by Crippen LogP contribution is 2.05. The highest BCUT2D eigenvalue weighted by atomic mass is 19.1. The molecular weight excluding hydrogens is 225 g/mol. The fraction of sp³-hybridized carbons (Fsp3) is 0.750. The first-order valence-electron chi connectivity index (χ1n) is 4.40. The smallest absolute Gasteiger partial charge is 0.231 e. The van der Waals surface area contributed by atoms with Gasteiger partial charge in [-0.1, -0.05) is 0 Å². The molecule has 0 aromatic carbocycles. The van der Waals surface area contributed by atoms with Gasteiger partial charge in [-0.15, -0.1) is 0 Å². The maximum absolute atomic E-state index is 11.8. The predicted octanol–water partition coefficient (Wildman–Crippen LogP) is -3.50. The van der Waals surface area contributed by atoms with E-state index in [0.717, 1.165) is 0 Å². The highest BCUT2D eigenvalue weighted by Gasteiger charge is 2.35. The van der Waals surface area contributed by atoms with Crippen molar-refractivity contribution < 1.29 is 34.4 Å². The molecule has 0 aliphatic carbocycles. The minimum atomic E-state index is -1.97. The molecule has 6 N–H and O–H groups in total. The molecule has 0 rings (SSSR count). The molecule has 0 aliphatic rings. The molecule has 0 amide bonds. The molecular formula is C8H14FNO6. The minimum absolute atomic E-state index is 0.865. The van der Waals surface area contributed by atoms with E-state index in [9.17, 15) is 19.1 Å². The van der Waals surface area contributed by atoms with E-state index < -0.39 is 49.2 Å². The molecule has 0 fully saturated rings. The number of ketones is 2. The van der Waals surface area contributed by atoms with Gasteiger partial charge in [0.05, 0.1) is 6.61 Å². The van der Waals surface area contributed by atoms with Crippen molar-refractivity contribution in [3.63, 3.8) is 0 Å². The third kappa shape index (κ3) is 3.58. The van der Waals surface area contributed by atoms with Gasteiger partial charge in [0.25, 0.3) is 0 Å². The van der Waals surface area contributed by atoms with Crippen LogP contribution < -0.4 is 5.73 Å². The van der Waals surface area contributed by atoms with E-state index in [0.29, 0.717) is 0 Å². The van der Waals surface area contributed by atoms with Crippen LogP contribution in [0.15, 0.2) is 0 Å². The van der Waals surface area contributed by atoms with Crippen molar-refractivity contribution in [2.45, 2.75) is 24.4 Å². The van der Waals surface area contributed by atoms with Crippen molar-refractivity contribution in [1.82, 2.24) is 0 Å². The summed E-state index contributed by atoms with van der Waals surface area (Å²) >= 11 is 0. The maximum Gasteiger partial charge on any atom is 0.231 e. The fourth-order valence-corrected chi connectivity index (χ4v) is 0.955. The second-order valence-corrected chi connectivity index (χ2v) is 3.18. The molecule has 0 aromatic heterocycles. The number of carbonyl (C=O) groups excluding carboxylic acids is 2. The van der Waals surface area contributed by atoms with E-state index >= 15 is 0 Å². The molecule has 94 valence electrons. The van der Waals surface area contributed by atoms with Gasteiger partial charge in [0, 0.05) is 0 Å². The Labute approximate surface area is 90.3 Å². The summed E-state index contributed by atoms with van der Waals surface area (Å²) in [4.78, 5) is 21.6. The van der Waals surface area contributed by atoms with Crippen LogP contribution in [-0.4, -0.2) is 69.6 Å². The van der Waals surface area contributed by atoms with Crippen LogP contribution in [0.1, 0.15) is 0 Å². The van der Waals surface area contributed by atoms with Gasteiger partial charge in [-0.25, -0.2) is 4.39 Å². The van der Waals surface area contributed by atoms with E-state index in [2.05, 4.69) is 0 Å². The topological polar surface area (TPSA) is 141 Å². The molecule has 16 heavy (non-hydrogen) atoms. The summed E-state index contributed by atoms with van der Waals surface area (Å²) in [5.41, 5.74) is 5.09. The summed E-state index contributed by atoms with van der Waals surface area (Å²) in [6, 6.07) is -1.85. The van der Waals surface area contributed by atoms with Crippen molar-refractivity contribution in [3.05, 3.63) is 0 Å². The molecule has 0 spiro atoms. The lowest BCUT2D eigenvalue weighted by atomic mass is 9.97. The van der Waals surface area contributed by atoms with Gasteiger partial charge < -0.3 is 26.2 Å². The second-order valence-electron chi connectivity index (χ2n) is 3.18. The van der Waals surface area contributed by atoms with E-state index in [1.165, 1.54) is 0 Å². The van der Waals surface area contributed by atoms with Crippen LogP contribution in [0.25, 0.3) is 0 Å². The van der Waals surface area contributed by atoms with Crippen LogP contribution in [0, 0.1) is 0 Å². The monoisotopic (exact) mass is 239 g/mol. The summed E-state index contributed by atoms with van der Waals surface area (Å²) in [7, 11) is 0. The molecule has 0 aliphatic heterocycles. The Morgan fingerprint density at radius 2 is 1.69 bits per heavy atom. The van der Waals surface area contributed by atoms with Crippen molar-refractivity contribution in [2.75, 3.05) is 13.3 Å². The van der Waals surface area contributed by atoms with Gasteiger partial charge in [-0.2, -0.15) is 0 Å². The molecule has 0 bridgehead atoms. The molecule has 0 saturated carbocycles. The number of nitrogens with two attached hydrogens (primary N) is 1. The van der Waals surface area contributed by atoms with Gasteiger partial charge >= 0.3 is 0 Å². The number of aliphatic hydroxyl groups excluding tert-OH is 4. The largest absolute Gasteiger partial charge is 0.394 e. The molecule has 8 heteroatoms. The normalized spacial score (nSPS) is 18.6. The van der Waals surface area contributed by atoms with Gasteiger partial charge in [-0.05, 0) is 0 Å². The van der Waals surface area contributed by atoms with Crippen LogP contribution in [0.3, 0.4) is 0 Å². The number of carbonyl (C=O) groups is 2. The van der Waals surface area contributed by atoms with Crippen molar-refractivity contribution in [3.8, 4) is 0 Å². The third-order valence-electron chi connectivity index (χ3n) is 2.00. The molecule has 0 heterocycles. The van der Waals surface area contributed by atoms with E-state index in [4.69, 9.17) is 21.1 Å². The van der Waals surface area contributed by atoms with Gasteiger partial charge in [0.15, 0.2) is 6.67 Å². The van der Waals surface area contributed by atoms with Crippen molar-refractivity contribution in [2.24, 2.45) is 5.73 Å². The van der Waals surface area contributed by atoms with Gasteiger partial charge in [-0.3, -0.25) is 9.59 Å². The van der Waals surface area contributed by atoms with Crippen molar-refractivity contribution in [1.29, 1.82) is 0 Å². The summed E-state index contributed by atoms with van der Waals surface area (Å²) in [5.74, 6) is -2.82. The number of halogens is 1. The lowest BCUT2D eigenvalue weighted by Gasteiger charge is -2.24. The molecule has 0 radical (unpaired) electrons. The number of hydrogen-bond acceptors (Lipinski definition) is 7. The van der Waals surface area contributed by atoms with E-state index in [1.807, 2.05) is 0 Å². The zero-order valence-electron chi connectivity index (χ0n) is 8.28. The van der Waals surface area contributed by atoms with Crippen LogP contribution in [0.4, 0.5) is 4.39 Å². The molecule has 4 atom stereocenters. The van der Waals surface area contributed by atoms with E-state index in [1.54, 1.807) is 0 Å². The van der Waals surface area contributed by atoms with Gasteiger partial charge in [0.2, 0.25) is 11.6 Å². The lowest BCUT2D eigenvalue weighted by molar-refractivity contribution is -0.142. The number of alkyl halides is 1. The average Bonchev–Trinajstić information content (AvgIpc) is 2.32. The Morgan fingerprint density at radius 3 is 2.06 bits per heavy atom. The first-order valence-corrected chi connectivity index (χ1v) is 4.40. The average molecular weight is 239 g/mol. The molecule has 0 unspecified atom stereocenters. The molecule has 7 nitrogen and oxygen atoms in total. The first-order chi connectivity index (χ1) is 7.36. The Bertz CT molecular complexity index is 261. The highest BCUT2D eigenvalue weighted by molar-refractivity contribution is 6.39. The van der Waals surface area contributed by atoms with Crippen molar-refractivity contribution >= 4 is 11.6 Å². The van der Waals surface area contributed by atoms with Crippen LogP contribution in [0.2, 0.25) is 0 Å². The maximum atomic E-state index is 11.8. The minimum Gasteiger partial charge on any atom is -0.394 e. The Balaban J connectivity index is 4.54. The fourth-order valence-electron chi connectivity index (χ4n) is 0.955. The Morgan fingerprint density at radius 1 is 1.19 bits per heavy atom. The summed E-state index contributed by atoms with van der Waals surface area (Å²) in [6.45, 7) is -2.42. The first kappa shape index (κ1) is 15.1. The van der Waals surface area contributed by atoms with Crippen LogP contribution in [0.5, 0.6) is 0 Å². The number of hydrogen-bond donors (Lipinski definition) is 5. The molecule has 0 aromatic rings. The number of rotatable bonds is 7. The Hall–Kier alpha value is -0.930. The summed E-state index contributed by atoms with van der Waals surface area (Å²) < 4.78 is 11.8. The zero-order chi connectivity index (χ0) is 12.9. The Kier molecular flexibility index (Phi) is 6.22. The lowest BCUT2D eigenvalue weighted by Crippen LogP contribution is -2.54. The van der Waals surface area contributed by atoms with Gasteiger partial charge in [0.1, 0.15) is 24.4 Å². The predicted molar refractivity (Wildman–Crippen MR) is 49.1 cm³/mol. The second kappa shape index (κ2) is 6.61. The zero-order valence-corrected chi connectivity index (χ0v) is 8.28. The molecule has 0 saturated heterocycles. The number of aliphatic hydroxyl groups is 4. The summed E-state index contributed by atoms with van der Waals surface area (Å²) in [6.07, 6.45) is -5.59.